The first-order valence-electron chi connectivity index (χ1n) is 10.3. The summed E-state index contributed by atoms with van der Waals surface area (Å²) in [5, 5.41) is 4.63. The quantitative estimate of drug-likeness (QED) is 0.597. The Morgan fingerprint density at radius 2 is 2.03 bits per heavy atom. The van der Waals surface area contributed by atoms with Crippen molar-refractivity contribution in [2.75, 3.05) is 51.8 Å². The topological polar surface area (TPSA) is 37.0 Å². The van der Waals surface area contributed by atoms with Crippen LogP contribution in [0.5, 0.6) is 5.75 Å². The molecule has 1 fully saturated rings. The molecule has 0 saturated carbocycles. The van der Waals surface area contributed by atoms with Gasteiger partial charge >= 0.3 is 0 Å². The van der Waals surface area contributed by atoms with Gasteiger partial charge in [-0.2, -0.15) is 0 Å². The fourth-order valence-corrected chi connectivity index (χ4v) is 4.00. The van der Waals surface area contributed by atoms with E-state index < -0.39 is 0 Å². The van der Waals surface area contributed by atoms with Gasteiger partial charge in [0.05, 0.1) is 25.3 Å². The van der Waals surface area contributed by atoms with E-state index in [2.05, 4.69) is 46.3 Å². The molecule has 0 radical (unpaired) electrons. The van der Waals surface area contributed by atoms with Gasteiger partial charge in [-0.25, -0.2) is 0 Å². The van der Waals surface area contributed by atoms with E-state index in [-0.39, 0.29) is 0 Å². The summed E-state index contributed by atoms with van der Waals surface area (Å²) in [6.07, 6.45) is 1.04. The molecule has 1 aliphatic rings. The van der Waals surface area contributed by atoms with E-state index in [1.54, 1.807) is 7.11 Å². The van der Waals surface area contributed by atoms with E-state index in [0.717, 1.165) is 58.0 Å². The normalized spacial score (nSPS) is 14.4. The van der Waals surface area contributed by atoms with Gasteiger partial charge in [-0.05, 0) is 43.3 Å². The Morgan fingerprint density at radius 1 is 1.23 bits per heavy atom. The minimum Gasteiger partial charge on any atom is -0.495 e. The Bertz CT molecular complexity index is 843. The lowest BCUT2D eigenvalue weighted by molar-refractivity contribution is 0.0368. The largest absolute Gasteiger partial charge is 0.495 e. The van der Waals surface area contributed by atoms with Gasteiger partial charge in [-0.1, -0.05) is 41.4 Å². The zero-order chi connectivity index (χ0) is 21.3. The maximum absolute atomic E-state index is 6.15. The highest BCUT2D eigenvalue weighted by atomic mass is 35.5. The summed E-state index contributed by atoms with van der Waals surface area (Å²) in [5.74, 6) is 0.627. The number of benzene rings is 2. The molecule has 1 aliphatic heterocycles. The number of methoxy groups -OCH3 is 1. The van der Waals surface area contributed by atoms with Crippen molar-refractivity contribution in [3.8, 4) is 5.75 Å². The molecule has 0 amide bonds. The Morgan fingerprint density at radius 3 is 2.77 bits per heavy atom. The van der Waals surface area contributed by atoms with Crippen LogP contribution < -0.4 is 10.1 Å². The number of nitrogens with one attached hydrogen (secondary N) is 1. The number of anilines is 1. The lowest BCUT2D eigenvalue weighted by atomic mass is 10.1. The van der Waals surface area contributed by atoms with Gasteiger partial charge in [-0.3, -0.25) is 4.90 Å². The molecule has 0 aliphatic carbocycles. The summed E-state index contributed by atoms with van der Waals surface area (Å²) < 4.78 is 10.8. The van der Waals surface area contributed by atoms with Crippen LogP contribution in [0.1, 0.15) is 17.5 Å². The van der Waals surface area contributed by atoms with Crippen molar-refractivity contribution in [1.82, 2.24) is 9.80 Å². The number of hydrogen-bond acceptors (Lipinski definition) is 4. The first kappa shape index (κ1) is 22.8. The predicted molar refractivity (Wildman–Crippen MR) is 128 cm³/mol. The molecule has 1 saturated heterocycles. The summed E-state index contributed by atoms with van der Waals surface area (Å²) >= 11 is 11.9. The fourth-order valence-electron chi connectivity index (χ4n) is 3.53. The molecular formula is C23H30ClN3O2S. The van der Waals surface area contributed by atoms with Crippen molar-refractivity contribution in [3.63, 3.8) is 0 Å². The molecule has 3 rings (SSSR count). The van der Waals surface area contributed by atoms with E-state index in [9.17, 15) is 0 Å². The molecule has 1 heterocycles. The molecule has 0 unspecified atom stereocenters. The molecule has 0 bridgehead atoms. The molecule has 1 N–H and O–H groups in total. The lowest BCUT2D eigenvalue weighted by Gasteiger charge is -2.30. The van der Waals surface area contributed by atoms with E-state index in [1.807, 2.05) is 18.2 Å². The molecule has 5 nitrogen and oxygen atoms in total. The number of morpholine rings is 1. The standard InChI is InChI=1S/C23H30ClN3O2S/c1-18-5-3-6-19(15-18)17-27(10-4-9-26-11-13-29-14-12-26)23(30)25-20-7-8-21(24)22(16-20)28-2/h3,5-8,15-16H,4,9-14,17H2,1-2H3,(H,25,30). The number of halogens is 1. The first-order valence-corrected chi connectivity index (χ1v) is 11.1. The number of rotatable bonds is 8. The smallest absolute Gasteiger partial charge is 0.173 e. The summed E-state index contributed by atoms with van der Waals surface area (Å²) in [7, 11) is 1.61. The lowest BCUT2D eigenvalue weighted by Crippen LogP contribution is -2.40. The van der Waals surface area contributed by atoms with Gasteiger partial charge in [0.2, 0.25) is 0 Å². The SMILES string of the molecule is COc1cc(NC(=S)N(CCCN2CCOCC2)Cc2cccc(C)c2)ccc1Cl. The number of thiocarbonyl (C=S) groups is 1. The van der Waals surface area contributed by atoms with Crippen LogP contribution >= 0.6 is 23.8 Å². The zero-order valence-corrected chi connectivity index (χ0v) is 19.3. The van der Waals surface area contributed by atoms with Crippen molar-refractivity contribution in [2.45, 2.75) is 19.9 Å². The van der Waals surface area contributed by atoms with Crippen molar-refractivity contribution < 1.29 is 9.47 Å². The summed E-state index contributed by atoms with van der Waals surface area (Å²) in [6, 6.07) is 14.2. The second-order valence-electron chi connectivity index (χ2n) is 7.50. The minimum absolute atomic E-state index is 0.580. The van der Waals surface area contributed by atoms with Gasteiger partial charge in [0.15, 0.2) is 5.11 Å². The number of hydrogen-bond donors (Lipinski definition) is 1. The maximum atomic E-state index is 6.15. The highest BCUT2D eigenvalue weighted by Crippen LogP contribution is 2.27. The molecule has 7 heteroatoms. The number of aryl methyl sites for hydroxylation is 1. The van der Waals surface area contributed by atoms with Crippen molar-refractivity contribution in [1.29, 1.82) is 0 Å². The monoisotopic (exact) mass is 447 g/mol. The van der Waals surface area contributed by atoms with Crippen LogP contribution in [0.2, 0.25) is 5.02 Å². The second kappa shape index (κ2) is 11.5. The third kappa shape index (κ3) is 6.84. The molecule has 162 valence electrons. The molecule has 2 aromatic rings. The average Bonchev–Trinajstić information content (AvgIpc) is 2.75. The number of nitrogens with zero attached hydrogens (tertiary/aromatic N) is 2. The van der Waals surface area contributed by atoms with Gasteiger partial charge in [0, 0.05) is 44.5 Å². The van der Waals surface area contributed by atoms with E-state index >= 15 is 0 Å². The molecular weight excluding hydrogens is 418 g/mol. The highest BCUT2D eigenvalue weighted by molar-refractivity contribution is 7.80. The Kier molecular flexibility index (Phi) is 8.75. The Balaban J connectivity index is 1.66. The van der Waals surface area contributed by atoms with Gasteiger partial charge in [-0.15, -0.1) is 0 Å². The van der Waals surface area contributed by atoms with Crippen LogP contribution in [-0.4, -0.2) is 61.4 Å². The second-order valence-corrected chi connectivity index (χ2v) is 8.29. The van der Waals surface area contributed by atoms with Gasteiger partial charge < -0.3 is 19.7 Å². The third-order valence-electron chi connectivity index (χ3n) is 5.15. The van der Waals surface area contributed by atoms with Crippen LogP contribution in [0.3, 0.4) is 0 Å². The van der Waals surface area contributed by atoms with Crippen LogP contribution in [0.4, 0.5) is 5.69 Å². The summed E-state index contributed by atoms with van der Waals surface area (Å²) in [6.45, 7) is 8.46. The number of ether oxygens (including phenoxy) is 2. The molecule has 0 atom stereocenters. The Labute approximate surface area is 189 Å². The first-order chi connectivity index (χ1) is 14.5. The maximum Gasteiger partial charge on any atom is 0.173 e. The molecule has 0 aromatic heterocycles. The van der Waals surface area contributed by atoms with Crippen LogP contribution in [0.15, 0.2) is 42.5 Å². The minimum atomic E-state index is 0.580. The fraction of sp³-hybridized carbons (Fsp3) is 0.435. The van der Waals surface area contributed by atoms with E-state index in [1.165, 1.54) is 11.1 Å². The highest BCUT2D eigenvalue weighted by Gasteiger charge is 2.14. The van der Waals surface area contributed by atoms with E-state index in [4.69, 9.17) is 33.3 Å². The molecule has 30 heavy (non-hydrogen) atoms. The van der Waals surface area contributed by atoms with Crippen molar-refractivity contribution in [2.24, 2.45) is 0 Å². The van der Waals surface area contributed by atoms with Gasteiger partial charge in [0.25, 0.3) is 0 Å². The summed E-state index contributed by atoms with van der Waals surface area (Å²) in [5.41, 5.74) is 3.37. The van der Waals surface area contributed by atoms with Crippen LogP contribution in [-0.2, 0) is 11.3 Å². The van der Waals surface area contributed by atoms with E-state index in [0.29, 0.717) is 15.9 Å². The molecule has 2 aromatic carbocycles. The predicted octanol–water partition coefficient (Wildman–Crippen LogP) is 4.58. The van der Waals surface area contributed by atoms with Gasteiger partial charge in [0.1, 0.15) is 5.75 Å². The van der Waals surface area contributed by atoms with Crippen molar-refractivity contribution >= 4 is 34.6 Å². The Hall–Kier alpha value is -1.86. The van der Waals surface area contributed by atoms with Crippen LogP contribution in [0, 0.1) is 6.92 Å². The molecule has 0 spiro atoms. The zero-order valence-electron chi connectivity index (χ0n) is 17.7. The van der Waals surface area contributed by atoms with Crippen molar-refractivity contribution in [3.05, 3.63) is 58.6 Å². The third-order valence-corrected chi connectivity index (χ3v) is 5.82. The summed E-state index contributed by atoms with van der Waals surface area (Å²) in [4.78, 5) is 4.68. The average molecular weight is 448 g/mol. The van der Waals surface area contributed by atoms with Crippen LogP contribution in [0.25, 0.3) is 0 Å².